The molecule has 0 N–H and O–H groups in total. The third-order valence-corrected chi connectivity index (χ3v) is 5.19. The van der Waals surface area contributed by atoms with Crippen molar-refractivity contribution in [3.63, 3.8) is 0 Å². The van der Waals surface area contributed by atoms with Gasteiger partial charge in [-0.25, -0.2) is 0 Å². The van der Waals surface area contributed by atoms with Crippen molar-refractivity contribution in [2.75, 3.05) is 0 Å². The lowest BCUT2D eigenvalue weighted by atomic mass is 9.86. The summed E-state index contributed by atoms with van der Waals surface area (Å²) in [5.74, 6) is 0. The van der Waals surface area contributed by atoms with E-state index < -0.39 is 0 Å². The smallest absolute Gasteiger partial charge is 0.00921 e. The molecule has 3 aromatic carbocycles. The SMILES string of the molecule is CC(C)(C)c1ccc2ccccc2c1.CC1=CCc2ccccc2CC1. The Morgan fingerprint density at radius 3 is 2.08 bits per heavy atom. The second kappa shape index (κ2) is 7.91. The monoisotopic (exact) mass is 342 g/mol. The average molecular weight is 343 g/mol. The molecule has 1 aliphatic carbocycles. The van der Waals surface area contributed by atoms with E-state index in [4.69, 9.17) is 0 Å². The molecule has 0 spiro atoms. The largest absolute Gasteiger partial charge is 0.0812 e. The summed E-state index contributed by atoms with van der Waals surface area (Å²) in [4.78, 5) is 0. The van der Waals surface area contributed by atoms with Gasteiger partial charge in [0.2, 0.25) is 0 Å². The molecule has 0 bridgehead atoms. The van der Waals surface area contributed by atoms with Gasteiger partial charge in [0.15, 0.2) is 0 Å². The summed E-state index contributed by atoms with van der Waals surface area (Å²) in [5.41, 5.74) is 6.21. The van der Waals surface area contributed by atoms with Gasteiger partial charge in [-0.05, 0) is 59.1 Å². The van der Waals surface area contributed by atoms with Crippen molar-refractivity contribution >= 4 is 10.8 Å². The van der Waals surface area contributed by atoms with E-state index in [0.29, 0.717) is 0 Å². The minimum atomic E-state index is 0.240. The first-order valence-corrected chi connectivity index (χ1v) is 9.65. The maximum absolute atomic E-state index is 2.35. The molecule has 0 saturated heterocycles. The molecule has 0 nitrogen and oxygen atoms in total. The highest BCUT2D eigenvalue weighted by Gasteiger charge is 2.13. The minimum absolute atomic E-state index is 0.240. The van der Waals surface area contributed by atoms with Crippen LogP contribution in [0.4, 0.5) is 0 Å². The van der Waals surface area contributed by atoms with Crippen LogP contribution in [0, 0.1) is 0 Å². The van der Waals surface area contributed by atoms with E-state index in [1.165, 1.54) is 45.9 Å². The Morgan fingerprint density at radius 1 is 0.692 bits per heavy atom. The fraction of sp³-hybridized carbons (Fsp3) is 0.308. The lowest BCUT2D eigenvalue weighted by Crippen LogP contribution is -2.10. The van der Waals surface area contributed by atoms with E-state index in [0.717, 1.165) is 6.42 Å². The number of allylic oxidation sites excluding steroid dienone is 2. The normalized spacial score (nSPS) is 13.9. The molecule has 4 rings (SSSR count). The summed E-state index contributed by atoms with van der Waals surface area (Å²) in [6.45, 7) is 8.97. The second-order valence-electron chi connectivity index (χ2n) is 8.34. The summed E-state index contributed by atoms with van der Waals surface area (Å²) in [7, 11) is 0. The maximum atomic E-state index is 2.35. The Balaban J connectivity index is 0.000000152. The molecule has 0 fully saturated rings. The van der Waals surface area contributed by atoms with Crippen LogP contribution in [0.2, 0.25) is 0 Å². The van der Waals surface area contributed by atoms with E-state index in [1.54, 1.807) is 0 Å². The van der Waals surface area contributed by atoms with E-state index >= 15 is 0 Å². The van der Waals surface area contributed by atoms with Gasteiger partial charge >= 0.3 is 0 Å². The van der Waals surface area contributed by atoms with Gasteiger partial charge in [-0.1, -0.05) is 99.2 Å². The highest BCUT2D eigenvalue weighted by atomic mass is 14.2. The third-order valence-electron chi connectivity index (χ3n) is 5.19. The second-order valence-corrected chi connectivity index (χ2v) is 8.34. The maximum Gasteiger partial charge on any atom is -0.00921 e. The molecule has 0 aromatic heterocycles. The van der Waals surface area contributed by atoms with Gasteiger partial charge in [-0.3, -0.25) is 0 Å². The van der Waals surface area contributed by atoms with Gasteiger partial charge in [-0.15, -0.1) is 0 Å². The lowest BCUT2D eigenvalue weighted by molar-refractivity contribution is 0.591. The molecule has 3 aromatic rings. The van der Waals surface area contributed by atoms with Crippen LogP contribution >= 0.6 is 0 Å². The Hall–Kier alpha value is -2.34. The van der Waals surface area contributed by atoms with Crippen LogP contribution in [0.3, 0.4) is 0 Å². The minimum Gasteiger partial charge on any atom is -0.0812 e. The van der Waals surface area contributed by atoms with Crippen molar-refractivity contribution in [1.82, 2.24) is 0 Å². The van der Waals surface area contributed by atoms with Gasteiger partial charge < -0.3 is 0 Å². The summed E-state index contributed by atoms with van der Waals surface area (Å²) < 4.78 is 0. The van der Waals surface area contributed by atoms with Gasteiger partial charge in [0.25, 0.3) is 0 Å². The van der Waals surface area contributed by atoms with E-state index in [-0.39, 0.29) is 5.41 Å². The number of hydrogen-bond acceptors (Lipinski definition) is 0. The number of hydrogen-bond donors (Lipinski definition) is 0. The van der Waals surface area contributed by atoms with Crippen LogP contribution in [0.1, 0.15) is 50.8 Å². The molecule has 0 unspecified atom stereocenters. The molecule has 0 amide bonds. The number of fused-ring (bicyclic) bond motifs is 2. The predicted molar refractivity (Wildman–Crippen MR) is 115 cm³/mol. The average Bonchev–Trinajstić information content (AvgIpc) is 2.83. The number of rotatable bonds is 0. The summed E-state index contributed by atoms with van der Waals surface area (Å²) in [6, 6.07) is 24.0. The molecule has 0 radical (unpaired) electrons. The third kappa shape index (κ3) is 4.64. The Labute approximate surface area is 158 Å². The fourth-order valence-electron chi connectivity index (χ4n) is 3.37. The summed E-state index contributed by atoms with van der Waals surface area (Å²) >= 11 is 0. The number of benzene rings is 3. The van der Waals surface area contributed by atoms with Crippen LogP contribution in [-0.2, 0) is 18.3 Å². The van der Waals surface area contributed by atoms with E-state index in [1.807, 2.05) is 0 Å². The highest BCUT2D eigenvalue weighted by Crippen LogP contribution is 2.25. The van der Waals surface area contributed by atoms with Crippen LogP contribution < -0.4 is 0 Å². The van der Waals surface area contributed by atoms with Crippen molar-refractivity contribution in [2.45, 2.75) is 52.4 Å². The Morgan fingerprint density at radius 2 is 1.35 bits per heavy atom. The predicted octanol–water partition coefficient (Wildman–Crippen LogP) is 7.26. The van der Waals surface area contributed by atoms with E-state index in [2.05, 4.69) is 101 Å². The van der Waals surface area contributed by atoms with Crippen LogP contribution in [0.25, 0.3) is 10.8 Å². The Bertz CT molecular complexity index is 906. The van der Waals surface area contributed by atoms with Crippen molar-refractivity contribution in [3.05, 3.63) is 95.1 Å². The van der Waals surface area contributed by atoms with Gasteiger partial charge in [0, 0.05) is 0 Å². The van der Waals surface area contributed by atoms with Crippen LogP contribution in [0.5, 0.6) is 0 Å². The standard InChI is InChI=1S/C14H16.C12H14/c1-14(2,3)13-9-8-11-6-4-5-7-12(11)10-13;1-10-6-8-11-4-2-3-5-12(11)9-7-10/h4-10H,1-3H3;2-6H,7-9H2,1H3. The summed E-state index contributed by atoms with van der Waals surface area (Å²) in [5, 5.41) is 2.65. The Kier molecular flexibility index (Phi) is 5.61. The fourth-order valence-corrected chi connectivity index (χ4v) is 3.37. The van der Waals surface area contributed by atoms with Gasteiger partial charge in [-0.2, -0.15) is 0 Å². The van der Waals surface area contributed by atoms with Crippen molar-refractivity contribution in [1.29, 1.82) is 0 Å². The number of aryl methyl sites for hydroxylation is 1. The molecule has 0 atom stereocenters. The van der Waals surface area contributed by atoms with Gasteiger partial charge in [0.05, 0.1) is 0 Å². The van der Waals surface area contributed by atoms with Crippen molar-refractivity contribution in [3.8, 4) is 0 Å². The van der Waals surface area contributed by atoms with Crippen molar-refractivity contribution < 1.29 is 0 Å². The topological polar surface area (TPSA) is 0 Å². The lowest BCUT2D eigenvalue weighted by Gasteiger charge is -2.19. The molecule has 0 heterocycles. The van der Waals surface area contributed by atoms with Gasteiger partial charge in [0.1, 0.15) is 0 Å². The first-order chi connectivity index (χ1) is 12.4. The molecule has 26 heavy (non-hydrogen) atoms. The zero-order chi connectivity index (χ0) is 18.6. The molecule has 1 aliphatic rings. The molecule has 0 heteroatoms. The summed E-state index contributed by atoms with van der Waals surface area (Å²) in [6.07, 6.45) is 5.93. The first-order valence-electron chi connectivity index (χ1n) is 9.65. The van der Waals surface area contributed by atoms with Crippen LogP contribution in [0.15, 0.2) is 78.4 Å². The molecule has 0 saturated carbocycles. The quantitative estimate of drug-likeness (QED) is 0.377. The first kappa shape index (κ1) is 18.5. The molecule has 134 valence electrons. The molecular formula is C26H30. The molecular weight excluding hydrogens is 312 g/mol. The van der Waals surface area contributed by atoms with Crippen molar-refractivity contribution in [2.24, 2.45) is 0 Å². The zero-order valence-corrected chi connectivity index (χ0v) is 16.5. The zero-order valence-electron chi connectivity index (χ0n) is 16.5. The molecule has 0 aliphatic heterocycles. The highest BCUT2D eigenvalue weighted by molar-refractivity contribution is 5.83. The van der Waals surface area contributed by atoms with E-state index in [9.17, 15) is 0 Å². The van der Waals surface area contributed by atoms with Crippen LogP contribution in [-0.4, -0.2) is 0 Å².